The molecule has 1 aliphatic heterocycles. The van der Waals surface area contributed by atoms with E-state index >= 15 is 0 Å². The minimum absolute atomic E-state index is 0.116. The van der Waals surface area contributed by atoms with E-state index in [-0.39, 0.29) is 6.10 Å². The van der Waals surface area contributed by atoms with Gasteiger partial charge in [0.2, 0.25) is 0 Å². The van der Waals surface area contributed by atoms with Crippen molar-refractivity contribution >= 4 is 0 Å². The molecule has 2 nitrogen and oxygen atoms in total. The predicted octanol–water partition coefficient (Wildman–Crippen LogP) is 1.87. The highest BCUT2D eigenvalue weighted by Gasteiger charge is 2.20. The minimum Gasteiger partial charge on any atom is -0.392 e. The topological polar surface area (TPSA) is 23.5 Å². The first-order chi connectivity index (χ1) is 7.16. The average Bonchev–Trinajstić information content (AvgIpc) is 2.58. The molecule has 2 rings (SSSR count). The van der Waals surface area contributed by atoms with E-state index in [1.165, 1.54) is 16.7 Å². The zero-order chi connectivity index (χ0) is 10.8. The number of benzene rings is 1. The van der Waals surface area contributed by atoms with Crippen LogP contribution < -0.4 is 0 Å². The van der Waals surface area contributed by atoms with Gasteiger partial charge in [-0.2, -0.15) is 0 Å². The van der Waals surface area contributed by atoms with Crippen LogP contribution in [0, 0.1) is 13.8 Å². The molecule has 1 aliphatic rings. The third kappa shape index (κ3) is 2.39. The molecule has 1 heterocycles. The first-order valence-electron chi connectivity index (χ1n) is 5.62. The molecular weight excluding hydrogens is 186 g/mol. The summed E-state index contributed by atoms with van der Waals surface area (Å²) < 4.78 is 0. The molecule has 0 aromatic heterocycles. The van der Waals surface area contributed by atoms with Gasteiger partial charge in [-0.05, 0) is 37.0 Å². The number of β-amino-alcohol motifs (C(OH)–C–C–N with tert-alkyl or cyclic N) is 1. The molecule has 1 atom stereocenters. The lowest BCUT2D eigenvalue weighted by atomic mass is 10.0. The third-order valence-corrected chi connectivity index (χ3v) is 3.27. The maximum atomic E-state index is 9.47. The number of nitrogens with zero attached hydrogens (tertiary/aromatic N) is 1. The Labute approximate surface area is 91.5 Å². The van der Waals surface area contributed by atoms with Crippen LogP contribution in [0.5, 0.6) is 0 Å². The Morgan fingerprint density at radius 2 is 2.00 bits per heavy atom. The largest absolute Gasteiger partial charge is 0.392 e. The minimum atomic E-state index is -0.116. The summed E-state index contributed by atoms with van der Waals surface area (Å²) in [6.07, 6.45) is 0.805. The number of aliphatic hydroxyl groups is 1. The molecule has 1 saturated heterocycles. The maximum Gasteiger partial charge on any atom is 0.0679 e. The van der Waals surface area contributed by atoms with Gasteiger partial charge >= 0.3 is 0 Å². The number of hydrogen-bond donors (Lipinski definition) is 1. The van der Waals surface area contributed by atoms with Gasteiger partial charge in [0.15, 0.2) is 0 Å². The van der Waals surface area contributed by atoms with Crippen molar-refractivity contribution in [3.63, 3.8) is 0 Å². The van der Waals surface area contributed by atoms with Gasteiger partial charge in [0, 0.05) is 19.6 Å². The van der Waals surface area contributed by atoms with E-state index in [9.17, 15) is 5.11 Å². The second-order valence-corrected chi connectivity index (χ2v) is 4.55. The van der Waals surface area contributed by atoms with Crippen LogP contribution in [0.1, 0.15) is 23.1 Å². The zero-order valence-electron chi connectivity index (χ0n) is 9.53. The van der Waals surface area contributed by atoms with Crippen LogP contribution in [-0.2, 0) is 6.54 Å². The van der Waals surface area contributed by atoms with Crippen LogP contribution in [0.4, 0.5) is 0 Å². The van der Waals surface area contributed by atoms with E-state index in [1.807, 2.05) is 0 Å². The summed E-state index contributed by atoms with van der Waals surface area (Å²) in [5.41, 5.74) is 4.14. The summed E-state index contributed by atoms with van der Waals surface area (Å²) in [6.45, 7) is 7.15. The van der Waals surface area contributed by atoms with Crippen molar-refractivity contribution in [3.05, 3.63) is 34.9 Å². The van der Waals surface area contributed by atoms with Crippen molar-refractivity contribution in [2.75, 3.05) is 13.1 Å². The Balaban J connectivity index is 2.10. The smallest absolute Gasteiger partial charge is 0.0679 e. The van der Waals surface area contributed by atoms with Gasteiger partial charge in [0.05, 0.1) is 6.10 Å². The Kier molecular flexibility index (Phi) is 3.08. The monoisotopic (exact) mass is 205 g/mol. The molecule has 0 amide bonds. The predicted molar refractivity (Wildman–Crippen MR) is 61.8 cm³/mol. The highest BCUT2D eigenvalue weighted by Crippen LogP contribution is 2.18. The Bertz CT molecular complexity index is 328. The highest BCUT2D eigenvalue weighted by molar-refractivity contribution is 5.33. The molecule has 1 unspecified atom stereocenters. The standard InChI is InChI=1S/C13H19NO/c1-10-4-3-5-11(2)13(10)9-14-7-6-12(15)8-14/h3-5,12,15H,6-9H2,1-2H3. The van der Waals surface area contributed by atoms with Crippen molar-refractivity contribution < 1.29 is 5.11 Å². The highest BCUT2D eigenvalue weighted by atomic mass is 16.3. The molecule has 1 aromatic rings. The lowest BCUT2D eigenvalue weighted by Gasteiger charge is -2.18. The summed E-state index contributed by atoms with van der Waals surface area (Å²) in [7, 11) is 0. The van der Waals surface area contributed by atoms with E-state index < -0.39 is 0 Å². The van der Waals surface area contributed by atoms with Crippen LogP contribution in [-0.4, -0.2) is 29.2 Å². The van der Waals surface area contributed by atoms with Gasteiger partial charge in [-0.3, -0.25) is 4.90 Å². The first kappa shape index (κ1) is 10.7. The molecule has 0 radical (unpaired) electrons. The second kappa shape index (κ2) is 4.33. The van der Waals surface area contributed by atoms with E-state index in [1.54, 1.807) is 0 Å². The molecule has 0 bridgehead atoms. The van der Waals surface area contributed by atoms with Crippen LogP contribution in [0.25, 0.3) is 0 Å². The molecule has 1 N–H and O–H groups in total. The third-order valence-electron chi connectivity index (χ3n) is 3.27. The molecule has 1 aromatic carbocycles. The molecule has 0 saturated carbocycles. The molecule has 0 spiro atoms. The number of rotatable bonds is 2. The molecule has 2 heteroatoms. The maximum absolute atomic E-state index is 9.47. The van der Waals surface area contributed by atoms with Gasteiger partial charge in [0.1, 0.15) is 0 Å². The summed E-state index contributed by atoms with van der Waals surface area (Å²) in [5, 5.41) is 9.47. The summed E-state index contributed by atoms with van der Waals surface area (Å²) in [5.74, 6) is 0. The fraction of sp³-hybridized carbons (Fsp3) is 0.538. The molecule has 82 valence electrons. The van der Waals surface area contributed by atoms with Crippen molar-refractivity contribution in [2.24, 2.45) is 0 Å². The van der Waals surface area contributed by atoms with Crippen molar-refractivity contribution in [2.45, 2.75) is 32.9 Å². The van der Waals surface area contributed by atoms with Gasteiger partial charge in [-0.1, -0.05) is 18.2 Å². The van der Waals surface area contributed by atoms with Crippen LogP contribution in [0.3, 0.4) is 0 Å². The van der Waals surface area contributed by atoms with E-state index in [0.29, 0.717) is 0 Å². The van der Waals surface area contributed by atoms with Crippen molar-refractivity contribution in [1.82, 2.24) is 4.90 Å². The summed E-state index contributed by atoms with van der Waals surface area (Å²) in [4.78, 5) is 2.33. The average molecular weight is 205 g/mol. The fourth-order valence-electron chi connectivity index (χ4n) is 2.28. The number of aliphatic hydroxyl groups excluding tert-OH is 1. The Morgan fingerprint density at radius 3 is 2.53 bits per heavy atom. The van der Waals surface area contributed by atoms with Gasteiger partial charge < -0.3 is 5.11 Å². The molecule has 15 heavy (non-hydrogen) atoms. The van der Waals surface area contributed by atoms with Crippen molar-refractivity contribution in [1.29, 1.82) is 0 Å². The first-order valence-corrected chi connectivity index (χ1v) is 5.62. The van der Waals surface area contributed by atoms with Crippen LogP contribution in [0.2, 0.25) is 0 Å². The van der Waals surface area contributed by atoms with Gasteiger partial charge in [-0.25, -0.2) is 0 Å². The zero-order valence-corrected chi connectivity index (χ0v) is 9.53. The van der Waals surface area contributed by atoms with E-state index in [4.69, 9.17) is 0 Å². The van der Waals surface area contributed by atoms with E-state index in [2.05, 4.69) is 36.9 Å². The molecule has 0 aliphatic carbocycles. The number of likely N-dealkylation sites (tertiary alicyclic amines) is 1. The SMILES string of the molecule is Cc1cccc(C)c1CN1CCC(O)C1. The molecular formula is C13H19NO. The Hall–Kier alpha value is -0.860. The van der Waals surface area contributed by atoms with Gasteiger partial charge in [-0.15, -0.1) is 0 Å². The van der Waals surface area contributed by atoms with E-state index in [0.717, 1.165) is 26.1 Å². The van der Waals surface area contributed by atoms with Crippen LogP contribution >= 0.6 is 0 Å². The normalized spacial score (nSPS) is 22.2. The summed E-state index contributed by atoms with van der Waals surface area (Å²) >= 11 is 0. The van der Waals surface area contributed by atoms with Gasteiger partial charge in [0.25, 0.3) is 0 Å². The lowest BCUT2D eigenvalue weighted by Crippen LogP contribution is -2.22. The fourth-order valence-corrected chi connectivity index (χ4v) is 2.28. The quantitative estimate of drug-likeness (QED) is 0.796. The lowest BCUT2D eigenvalue weighted by molar-refractivity contribution is 0.174. The number of hydrogen-bond acceptors (Lipinski definition) is 2. The second-order valence-electron chi connectivity index (χ2n) is 4.55. The number of aryl methyl sites for hydroxylation is 2. The molecule has 1 fully saturated rings. The summed E-state index contributed by atoms with van der Waals surface area (Å²) in [6, 6.07) is 6.43. The van der Waals surface area contributed by atoms with Crippen molar-refractivity contribution in [3.8, 4) is 0 Å². The van der Waals surface area contributed by atoms with Crippen LogP contribution in [0.15, 0.2) is 18.2 Å². The Morgan fingerprint density at radius 1 is 1.33 bits per heavy atom.